The van der Waals surface area contributed by atoms with Crippen molar-refractivity contribution >= 4 is 17.6 Å². The smallest absolute Gasteiger partial charge is 0.338 e. The van der Waals surface area contributed by atoms with Gasteiger partial charge in [-0.1, -0.05) is 82.5 Å². The summed E-state index contributed by atoms with van der Waals surface area (Å²) in [6.45, 7) is 7.54. The first-order chi connectivity index (χ1) is 17.8. The van der Waals surface area contributed by atoms with E-state index in [1.807, 2.05) is 0 Å². The van der Waals surface area contributed by atoms with Crippen LogP contribution in [0, 0.1) is 34.5 Å². The number of allylic oxidation sites excluding steroid dienone is 1. The van der Waals surface area contributed by atoms with Crippen molar-refractivity contribution in [1.82, 2.24) is 0 Å². The molecule has 0 saturated heterocycles. The maximum Gasteiger partial charge on any atom is 0.338 e. The SMILES string of the molecule is CCCCCCCC[C@@H]1CC[C@@H]2[C@H]3CC=C4C[C@@H](OC(=O)c5ccc(Cl)cc5)CC[C@]4(C)[C@@H]3CC[C@]12C. The van der Waals surface area contributed by atoms with Gasteiger partial charge in [0.15, 0.2) is 0 Å². The van der Waals surface area contributed by atoms with Gasteiger partial charge < -0.3 is 4.74 Å². The van der Waals surface area contributed by atoms with Crippen molar-refractivity contribution < 1.29 is 9.53 Å². The molecule has 0 heterocycles. The van der Waals surface area contributed by atoms with Crippen molar-refractivity contribution in [2.45, 2.75) is 123 Å². The molecule has 4 aliphatic carbocycles. The Kier molecular flexibility index (Phi) is 8.45. The fourth-order valence-electron chi connectivity index (χ4n) is 9.29. The summed E-state index contributed by atoms with van der Waals surface area (Å²) in [5.41, 5.74) is 3.04. The van der Waals surface area contributed by atoms with Gasteiger partial charge in [0.05, 0.1) is 5.56 Å². The second kappa shape index (κ2) is 11.4. The summed E-state index contributed by atoms with van der Waals surface area (Å²) in [4.78, 5) is 12.7. The molecule has 1 aromatic carbocycles. The van der Waals surface area contributed by atoms with Crippen LogP contribution in [0.3, 0.4) is 0 Å². The molecule has 204 valence electrons. The molecule has 3 saturated carbocycles. The fourth-order valence-corrected chi connectivity index (χ4v) is 9.41. The Labute approximate surface area is 231 Å². The first-order valence-electron chi connectivity index (χ1n) is 15.5. The Morgan fingerprint density at radius 2 is 1.70 bits per heavy atom. The van der Waals surface area contributed by atoms with E-state index in [4.69, 9.17) is 16.3 Å². The van der Waals surface area contributed by atoms with E-state index < -0.39 is 0 Å². The molecule has 3 fully saturated rings. The summed E-state index contributed by atoms with van der Waals surface area (Å²) in [7, 11) is 0. The van der Waals surface area contributed by atoms with E-state index >= 15 is 0 Å². The molecule has 0 unspecified atom stereocenters. The Morgan fingerprint density at radius 1 is 0.946 bits per heavy atom. The van der Waals surface area contributed by atoms with E-state index in [0.29, 0.717) is 21.4 Å². The van der Waals surface area contributed by atoms with Gasteiger partial charge in [-0.25, -0.2) is 4.79 Å². The molecule has 37 heavy (non-hydrogen) atoms. The van der Waals surface area contributed by atoms with Crippen LogP contribution < -0.4 is 0 Å². The highest BCUT2D eigenvalue weighted by molar-refractivity contribution is 6.30. The topological polar surface area (TPSA) is 26.3 Å². The third kappa shape index (κ3) is 5.43. The number of unbranched alkanes of at least 4 members (excludes halogenated alkanes) is 5. The molecule has 0 spiro atoms. The largest absolute Gasteiger partial charge is 0.458 e. The number of hydrogen-bond donors (Lipinski definition) is 0. The number of rotatable bonds is 9. The van der Waals surface area contributed by atoms with Crippen LogP contribution in [0.5, 0.6) is 0 Å². The van der Waals surface area contributed by atoms with Crippen LogP contribution >= 0.6 is 11.6 Å². The number of benzene rings is 1. The van der Waals surface area contributed by atoms with E-state index in [2.05, 4.69) is 26.8 Å². The van der Waals surface area contributed by atoms with Crippen molar-refractivity contribution in [3.8, 4) is 0 Å². The lowest BCUT2D eigenvalue weighted by Crippen LogP contribution is -2.50. The van der Waals surface area contributed by atoms with Gasteiger partial charge in [0.25, 0.3) is 0 Å². The van der Waals surface area contributed by atoms with Gasteiger partial charge >= 0.3 is 5.97 Å². The first-order valence-corrected chi connectivity index (χ1v) is 15.9. The minimum atomic E-state index is -0.213. The molecular formula is C34H49ClO2. The average Bonchev–Trinajstić information content (AvgIpc) is 3.23. The normalized spacial score (nSPS) is 36.8. The molecule has 0 amide bonds. The highest BCUT2D eigenvalue weighted by atomic mass is 35.5. The van der Waals surface area contributed by atoms with E-state index in [0.717, 1.165) is 42.9 Å². The molecule has 0 aliphatic heterocycles. The first kappa shape index (κ1) is 27.3. The minimum absolute atomic E-state index is 0.00102. The summed E-state index contributed by atoms with van der Waals surface area (Å²) >= 11 is 5.99. The van der Waals surface area contributed by atoms with Crippen molar-refractivity contribution in [3.63, 3.8) is 0 Å². The number of fused-ring (bicyclic) bond motifs is 5. The van der Waals surface area contributed by atoms with Crippen LogP contribution in [-0.2, 0) is 4.74 Å². The zero-order chi connectivity index (χ0) is 26.0. The maximum atomic E-state index is 12.7. The fraction of sp³-hybridized carbons (Fsp3) is 0.735. The highest BCUT2D eigenvalue weighted by Crippen LogP contribution is 2.66. The molecule has 5 rings (SSSR count). The number of halogens is 1. The minimum Gasteiger partial charge on any atom is -0.458 e. The maximum absolute atomic E-state index is 12.7. The van der Waals surface area contributed by atoms with Crippen LogP contribution in [0.25, 0.3) is 0 Å². The Hall–Kier alpha value is -1.28. The molecule has 2 nitrogen and oxygen atoms in total. The summed E-state index contributed by atoms with van der Waals surface area (Å²) in [6.07, 6.45) is 22.6. The second-order valence-corrected chi connectivity index (χ2v) is 13.8. The predicted molar refractivity (Wildman–Crippen MR) is 154 cm³/mol. The molecule has 3 heteroatoms. The monoisotopic (exact) mass is 524 g/mol. The Morgan fingerprint density at radius 3 is 2.49 bits per heavy atom. The van der Waals surface area contributed by atoms with E-state index in [1.54, 1.807) is 29.8 Å². The summed E-state index contributed by atoms with van der Waals surface area (Å²) in [5, 5.41) is 0.645. The van der Waals surface area contributed by atoms with Crippen LogP contribution in [0.1, 0.15) is 127 Å². The van der Waals surface area contributed by atoms with Crippen molar-refractivity contribution in [2.75, 3.05) is 0 Å². The third-order valence-electron chi connectivity index (χ3n) is 11.5. The average molecular weight is 525 g/mol. The standard InChI is InChI=1S/C34H49ClO2/c1-4-5-6-7-8-9-10-25-14-18-30-29-17-13-26-23-28(37-32(36)24-11-15-27(35)16-12-24)19-21-34(26,3)31(29)20-22-33(25,30)2/h11-13,15-16,25,28-31H,4-10,14,17-23H2,1-3H3/t25-,28+,29-,30-,31-,33-,34+/m1/s1. The molecule has 1 aromatic rings. The number of carbonyl (C=O) groups excluding carboxylic acids is 1. The molecule has 0 bridgehead atoms. The Balaban J connectivity index is 1.20. The quantitative estimate of drug-likeness (QED) is 0.182. The lowest BCUT2D eigenvalue weighted by molar-refractivity contribution is -0.0536. The van der Waals surface area contributed by atoms with Gasteiger partial charge in [-0.05, 0) is 110 Å². The van der Waals surface area contributed by atoms with Crippen LogP contribution in [-0.4, -0.2) is 12.1 Å². The van der Waals surface area contributed by atoms with Crippen molar-refractivity contribution in [2.24, 2.45) is 34.5 Å². The highest BCUT2D eigenvalue weighted by Gasteiger charge is 2.58. The van der Waals surface area contributed by atoms with Gasteiger partial charge in [0, 0.05) is 11.4 Å². The van der Waals surface area contributed by atoms with Crippen LogP contribution in [0.4, 0.5) is 0 Å². The van der Waals surface area contributed by atoms with Gasteiger partial charge in [-0.2, -0.15) is 0 Å². The van der Waals surface area contributed by atoms with Gasteiger partial charge in [-0.15, -0.1) is 0 Å². The van der Waals surface area contributed by atoms with Crippen molar-refractivity contribution in [3.05, 3.63) is 46.5 Å². The van der Waals surface area contributed by atoms with Crippen molar-refractivity contribution in [1.29, 1.82) is 0 Å². The Bertz CT molecular complexity index is 967. The van der Waals surface area contributed by atoms with Gasteiger partial charge in [-0.3, -0.25) is 0 Å². The summed E-state index contributed by atoms with van der Waals surface area (Å²) in [5.74, 6) is 3.31. The van der Waals surface area contributed by atoms with E-state index in [1.165, 1.54) is 77.0 Å². The molecule has 0 N–H and O–H groups in total. The molecule has 4 aliphatic rings. The van der Waals surface area contributed by atoms with E-state index in [-0.39, 0.29) is 12.1 Å². The summed E-state index contributed by atoms with van der Waals surface area (Å²) < 4.78 is 5.99. The number of ether oxygens (including phenoxy) is 1. The molecule has 7 atom stereocenters. The zero-order valence-electron chi connectivity index (χ0n) is 23.6. The van der Waals surface area contributed by atoms with Crippen LogP contribution in [0.2, 0.25) is 5.02 Å². The number of esters is 1. The van der Waals surface area contributed by atoms with Crippen LogP contribution in [0.15, 0.2) is 35.9 Å². The molecule has 0 aromatic heterocycles. The lowest BCUT2D eigenvalue weighted by atomic mass is 9.47. The number of carbonyl (C=O) groups is 1. The molecular weight excluding hydrogens is 476 g/mol. The number of hydrogen-bond acceptors (Lipinski definition) is 2. The van der Waals surface area contributed by atoms with Gasteiger partial charge in [0.1, 0.15) is 6.10 Å². The third-order valence-corrected chi connectivity index (χ3v) is 11.8. The summed E-state index contributed by atoms with van der Waals surface area (Å²) in [6, 6.07) is 7.06. The lowest BCUT2D eigenvalue weighted by Gasteiger charge is -2.58. The zero-order valence-corrected chi connectivity index (χ0v) is 24.3. The second-order valence-electron chi connectivity index (χ2n) is 13.4. The molecule has 0 radical (unpaired) electrons. The van der Waals surface area contributed by atoms with Gasteiger partial charge in [0.2, 0.25) is 0 Å². The predicted octanol–water partition coefficient (Wildman–Crippen LogP) is 10.2. The van der Waals surface area contributed by atoms with E-state index in [9.17, 15) is 4.79 Å².